The normalized spacial score (nSPS) is 39.3. The molecule has 1 saturated heterocycles. The molecule has 0 bridgehead atoms. The van der Waals surface area contributed by atoms with Crippen molar-refractivity contribution >= 4 is 5.78 Å². The second kappa shape index (κ2) is 3.56. The molecule has 1 aliphatic heterocycles. The molecule has 2 atom stereocenters. The molecular formula is C12H18O3. The lowest BCUT2D eigenvalue weighted by Gasteiger charge is -2.45. The van der Waals surface area contributed by atoms with E-state index in [9.17, 15) is 4.79 Å². The molecule has 2 aliphatic carbocycles. The van der Waals surface area contributed by atoms with E-state index >= 15 is 0 Å². The van der Waals surface area contributed by atoms with Crippen molar-refractivity contribution in [2.75, 3.05) is 13.2 Å². The highest BCUT2D eigenvalue weighted by molar-refractivity contribution is 5.82. The van der Waals surface area contributed by atoms with Crippen molar-refractivity contribution < 1.29 is 14.3 Å². The van der Waals surface area contributed by atoms with E-state index in [0.717, 1.165) is 19.3 Å². The molecule has 84 valence electrons. The summed E-state index contributed by atoms with van der Waals surface area (Å²) in [6.45, 7) is 1.41. The van der Waals surface area contributed by atoms with Gasteiger partial charge >= 0.3 is 0 Å². The molecule has 0 amide bonds. The first-order valence-corrected chi connectivity index (χ1v) is 6.12. The smallest absolute Gasteiger partial charge is 0.172 e. The zero-order valence-corrected chi connectivity index (χ0v) is 9.04. The molecule has 2 unspecified atom stereocenters. The van der Waals surface area contributed by atoms with Gasteiger partial charge in [0, 0.05) is 24.7 Å². The Bertz CT molecular complexity index is 268. The van der Waals surface area contributed by atoms with Crippen LogP contribution in [0.5, 0.6) is 0 Å². The van der Waals surface area contributed by atoms with E-state index in [1.54, 1.807) is 0 Å². The minimum Gasteiger partial charge on any atom is -0.347 e. The number of rotatable bonds is 0. The monoisotopic (exact) mass is 210 g/mol. The molecule has 0 aromatic carbocycles. The first kappa shape index (κ1) is 9.79. The largest absolute Gasteiger partial charge is 0.347 e. The van der Waals surface area contributed by atoms with Crippen molar-refractivity contribution in [2.24, 2.45) is 11.8 Å². The summed E-state index contributed by atoms with van der Waals surface area (Å²) in [7, 11) is 0. The molecule has 1 spiro atoms. The topological polar surface area (TPSA) is 35.5 Å². The summed E-state index contributed by atoms with van der Waals surface area (Å²) in [6.07, 6.45) is 6.02. The van der Waals surface area contributed by atoms with Gasteiger partial charge in [-0.2, -0.15) is 0 Å². The number of carbonyl (C=O) groups excluding carboxylic acids is 1. The summed E-state index contributed by atoms with van der Waals surface area (Å²) in [5.41, 5.74) is 0. The number of hydrogen-bond acceptors (Lipinski definition) is 3. The fraction of sp³-hybridized carbons (Fsp3) is 0.917. The summed E-state index contributed by atoms with van der Waals surface area (Å²) in [6, 6.07) is 0. The fourth-order valence-electron chi connectivity index (χ4n) is 3.54. The van der Waals surface area contributed by atoms with E-state index in [-0.39, 0.29) is 11.7 Å². The Kier molecular flexibility index (Phi) is 2.33. The zero-order chi connectivity index (χ0) is 10.3. The minimum atomic E-state index is -0.376. The van der Waals surface area contributed by atoms with E-state index < -0.39 is 0 Å². The van der Waals surface area contributed by atoms with Gasteiger partial charge in [0.15, 0.2) is 5.79 Å². The first-order chi connectivity index (χ1) is 7.32. The van der Waals surface area contributed by atoms with Crippen LogP contribution < -0.4 is 0 Å². The van der Waals surface area contributed by atoms with Gasteiger partial charge in [0.05, 0.1) is 13.2 Å². The van der Waals surface area contributed by atoms with Crippen LogP contribution in [0.1, 0.15) is 38.5 Å². The maximum Gasteiger partial charge on any atom is 0.172 e. The zero-order valence-electron chi connectivity index (χ0n) is 9.04. The van der Waals surface area contributed by atoms with Gasteiger partial charge in [-0.3, -0.25) is 4.79 Å². The highest BCUT2D eigenvalue weighted by atomic mass is 16.7. The Hall–Kier alpha value is -0.410. The van der Waals surface area contributed by atoms with Gasteiger partial charge in [-0.1, -0.05) is 12.8 Å². The third kappa shape index (κ3) is 1.44. The molecule has 3 heteroatoms. The van der Waals surface area contributed by atoms with Crippen molar-refractivity contribution in [3.05, 3.63) is 0 Å². The molecule has 0 aromatic heterocycles. The van der Waals surface area contributed by atoms with Crippen LogP contribution >= 0.6 is 0 Å². The third-order valence-electron chi connectivity index (χ3n) is 4.24. The molecule has 0 N–H and O–H groups in total. The Morgan fingerprint density at radius 3 is 2.67 bits per heavy atom. The Morgan fingerprint density at radius 2 is 1.87 bits per heavy atom. The number of Topliss-reactive ketones (excluding diaryl/α,β-unsaturated/α-hetero) is 1. The number of hydrogen-bond donors (Lipinski definition) is 0. The van der Waals surface area contributed by atoms with E-state index in [1.807, 2.05) is 0 Å². The van der Waals surface area contributed by atoms with E-state index in [4.69, 9.17) is 9.47 Å². The van der Waals surface area contributed by atoms with E-state index in [2.05, 4.69) is 0 Å². The Balaban J connectivity index is 1.87. The van der Waals surface area contributed by atoms with Gasteiger partial charge in [0.1, 0.15) is 5.78 Å². The highest BCUT2D eigenvalue weighted by Crippen LogP contribution is 2.48. The van der Waals surface area contributed by atoms with Crippen molar-refractivity contribution in [3.63, 3.8) is 0 Å². The summed E-state index contributed by atoms with van der Waals surface area (Å²) >= 11 is 0. The Labute approximate surface area is 90.1 Å². The van der Waals surface area contributed by atoms with Crippen LogP contribution in [-0.2, 0) is 14.3 Å². The van der Waals surface area contributed by atoms with E-state index in [0.29, 0.717) is 31.3 Å². The number of carbonyl (C=O) groups is 1. The molecular weight excluding hydrogens is 192 g/mol. The summed E-state index contributed by atoms with van der Waals surface area (Å²) in [5, 5.41) is 0. The van der Waals surface area contributed by atoms with Gasteiger partial charge in [0.25, 0.3) is 0 Å². The average Bonchev–Trinajstić information content (AvgIpc) is 2.74. The van der Waals surface area contributed by atoms with Crippen LogP contribution in [0.4, 0.5) is 0 Å². The molecule has 2 saturated carbocycles. The van der Waals surface area contributed by atoms with Crippen LogP contribution in [-0.4, -0.2) is 24.8 Å². The van der Waals surface area contributed by atoms with Crippen molar-refractivity contribution in [3.8, 4) is 0 Å². The minimum absolute atomic E-state index is 0.227. The maximum atomic E-state index is 11.9. The molecule has 15 heavy (non-hydrogen) atoms. The lowest BCUT2D eigenvalue weighted by molar-refractivity contribution is -0.228. The molecule has 3 rings (SSSR count). The lowest BCUT2D eigenvalue weighted by Crippen LogP contribution is -2.50. The van der Waals surface area contributed by atoms with Crippen molar-refractivity contribution in [2.45, 2.75) is 44.3 Å². The molecule has 3 aliphatic rings. The molecule has 0 aromatic rings. The summed E-state index contributed by atoms with van der Waals surface area (Å²) < 4.78 is 11.6. The van der Waals surface area contributed by atoms with Gasteiger partial charge < -0.3 is 9.47 Å². The van der Waals surface area contributed by atoms with Crippen LogP contribution in [0, 0.1) is 11.8 Å². The van der Waals surface area contributed by atoms with Gasteiger partial charge in [-0.15, -0.1) is 0 Å². The van der Waals surface area contributed by atoms with Crippen molar-refractivity contribution in [1.29, 1.82) is 0 Å². The summed E-state index contributed by atoms with van der Waals surface area (Å²) in [5.74, 6) is 0.643. The van der Waals surface area contributed by atoms with Gasteiger partial charge in [-0.25, -0.2) is 0 Å². The van der Waals surface area contributed by atoms with Gasteiger partial charge in [0.2, 0.25) is 0 Å². The standard InChI is InChI=1S/C12H18O3/c13-11-5-6-12(14-7-8-15-12)10-4-2-1-3-9(10)11/h9-10H,1-8H2. The predicted octanol–water partition coefficient (Wildman–Crippen LogP) is 1.90. The van der Waals surface area contributed by atoms with Crippen LogP contribution in [0.2, 0.25) is 0 Å². The fourth-order valence-corrected chi connectivity index (χ4v) is 3.54. The maximum absolute atomic E-state index is 11.9. The first-order valence-electron chi connectivity index (χ1n) is 6.12. The van der Waals surface area contributed by atoms with Crippen LogP contribution in [0.3, 0.4) is 0 Å². The summed E-state index contributed by atoms with van der Waals surface area (Å²) in [4.78, 5) is 11.9. The Morgan fingerprint density at radius 1 is 1.13 bits per heavy atom. The third-order valence-corrected chi connectivity index (χ3v) is 4.24. The van der Waals surface area contributed by atoms with Crippen LogP contribution in [0.15, 0.2) is 0 Å². The number of ether oxygens (including phenoxy) is 2. The predicted molar refractivity (Wildman–Crippen MR) is 54.3 cm³/mol. The molecule has 3 nitrogen and oxygen atoms in total. The second-order valence-corrected chi connectivity index (χ2v) is 4.97. The number of fused-ring (bicyclic) bond motifs is 2. The van der Waals surface area contributed by atoms with Crippen LogP contribution in [0.25, 0.3) is 0 Å². The van der Waals surface area contributed by atoms with Gasteiger partial charge in [-0.05, 0) is 12.8 Å². The highest BCUT2D eigenvalue weighted by Gasteiger charge is 2.53. The van der Waals surface area contributed by atoms with Crippen molar-refractivity contribution in [1.82, 2.24) is 0 Å². The lowest BCUT2D eigenvalue weighted by atomic mass is 9.67. The molecule has 1 heterocycles. The number of ketones is 1. The average molecular weight is 210 g/mol. The second-order valence-electron chi connectivity index (χ2n) is 4.97. The molecule has 3 fully saturated rings. The SMILES string of the molecule is O=C1CCC2(OCCO2)C2CCCCC12. The van der Waals surface area contributed by atoms with E-state index in [1.165, 1.54) is 12.8 Å². The quantitative estimate of drug-likeness (QED) is 0.612. The molecule has 0 radical (unpaired) electrons.